The first kappa shape index (κ1) is 23.4. The number of amides is 2. The number of ether oxygens (including phenoxy) is 1. The smallest absolute Gasteiger partial charge is 0.334 e. The molecule has 8 heteroatoms. The van der Waals surface area contributed by atoms with E-state index in [1.54, 1.807) is 0 Å². The van der Waals surface area contributed by atoms with Gasteiger partial charge in [0.15, 0.2) is 12.1 Å². The third-order valence-corrected chi connectivity index (χ3v) is 8.41. The van der Waals surface area contributed by atoms with Crippen LogP contribution in [0.15, 0.2) is 90.3 Å². The van der Waals surface area contributed by atoms with E-state index in [-0.39, 0.29) is 17.2 Å². The van der Waals surface area contributed by atoms with Crippen LogP contribution in [0, 0.1) is 0 Å². The number of hydrogen-bond acceptors (Lipinski definition) is 6. The van der Waals surface area contributed by atoms with Gasteiger partial charge in [0.1, 0.15) is 11.4 Å². The van der Waals surface area contributed by atoms with Crippen LogP contribution < -0.4 is 4.90 Å². The summed E-state index contributed by atoms with van der Waals surface area (Å²) in [7, 11) is 0. The van der Waals surface area contributed by atoms with Crippen molar-refractivity contribution in [2.45, 2.75) is 30.5 Å². The van der Waals surface area contributed by atoms with Crippen molar-refractivity contribution in [3.8, 4) is 0 Å². The van der Waals surface area contributed by atoms with E-state index in [0.29, 0.717) is 16.3 Å². The number of carbonyl (C=O) groups excluding carboxylic acids is 3. The molecule has 0 N–H and O–H groups in total. The van der Waals surface area contributed by atoms with E-state index in [1.165, 1.54) is 39.8 Å². The third-order valence-electron chi connectivity index (χ3n) is 6.18. The molecule has 2 aromatic carbocycles. The summed E-state index contributed by atoms with van der Waals surface area (Å²) < 4.78 is 6.07. The predicted octanol–water partition coefficient (Wildman–Crippen LogP) is 4.64. The average Bonchev–Trinajstić information content (AvgIpc) is 3.40. The lowest BCUT2D eigenvalue weighted by Gasteiger charge is -2.55. The van der Waals surface area contributed by atoms with E-state index in [1.807, 2.05) is 78.2 Å². The van der Waals surface area contributed by atoms with Crippen molar-refractivity contribution in [1.29, 1.82) is 0 Å². The molecule has 0 bridgehead atoms. The summed E-state index contributed by atoms with van der Waals surface area (Å²) in [5.41, 5.74) is 2.30. The summed E-state index contributed by atoms with van der Waals surface area (Å²) >= 11 is 2.92. The lowest BCUT2D eigenvalue weighted by molar-refractivity contribution is -0.164. The number of thioether (sulfide) groups is 1. The molecule has 0 saturated carbocycles. The maximum atomic E-state index is 13.6. The van der Waals surface area contributed by atoms with Crippen LogP contribution >= 0.6 is 23.1 Å². The van der Waals surface area contributed by atoms with Gasteiger partial charge >= 0.3 is 5.97 Å². The Bertz CT molecular complexity index is 1210. The fourth-order valence-corrected chi connectivity index (χ4v) is 6.72. The molecule has 2 fully saturated rings. The molecule has 2 aliphatic heterocycles. The van der Waals surface area contributed by atoms with Crippen LogP contribution in [0.1, 0.15) is 24.2 Å². The van der Waals surface area contributed by atoms with Crippen molar-refractivity contribution in [3.05, 3.63) is 101 Å². The number of carbonyl (C=O) groups is 3. The summed E-state index contributed by atoms with van der Waals surface area (Å²) in [6.45, 7) is 5.54. The number of fused-ring (bicyclic) bond motifs is 1. The van der Waals surface area contributed by atoms with Gasteiger partial charge in [0.25, 0.3) is 5.91 Å². The Kier molecular flexibility index (Phi) is 6.49. The van der Waals surface area contributed by atoms with Crippen LogP contribution in [0.4, 0.5) is 5.00 Å². The van der Waals surface area contributed by atoms with Gasteiger partial charge in [-0.1, -0.05) is 67.2 Å². The van der Waals surface area contributed by atoms with Crippen LogP contribution in [-0.2, 0) is 19.1 Å². The lowest BCUT2D eigenvalue weighted by atomic mass is 9.96. The quantitative estimate of drug-likeness (QED) is 0.278. The van der Waals surface area contributed by atoms with Crippen LogP contribution in [0.2, 0.25) is 0 Å². The molecule has 6 nitrogen and oxygen atoms in total. The van der Waals surface area contributed by atoms with Gasteiger partial charge in [-0.05, 0) is 34.2 Å². The molecule has 5 rings (SSSR count). The van der Waals surface area contributed by atoms with Crippen molar-refractivity contribution >= 4 is 45.9 Å². The van der Waals surface area contributed by atoms with Gasteiger partial charge in [-0.25, -0.2) is 4.79 Å². The fraction of sp³-hybridized carbons (Fsp3) is 0.222. The number of thiophene rings is 1. The maximum Gasteiger partial charge on any atom is 0.334 e. The molecule has 0 aliphatic carbocycles. The Morgan fingerprint density at radius 2 is 1.66 bits per heavy atom. The molecule has 178 valence electrons. The molecular weight excluding hydrogens is 480 g/mol. The summed E-state index contributed by atoms with van der Waals surface area (Å²) in [4.78, 5) is 42.5. The second kappa shape index (κ2) is 9.71. The van der Waals surface area contributed by atoms with E-state index < -0.39 is 24.2 Å². The Hall–Kier alpha value is -3.36. The third kappa shape index (κ3) is 4.28. The first-order valence-corrected chi connectivity index (χ1v) is 13.2. The molecule has 3 aromatic rings. The van der Waals surface area contributed by atoms with Gasteiger partial charge in [-0.3, -0.25) is 14.5 Å². The number of nitrogens with zero attached hydrogens (tertiary/aromatic N) is 2. The molecule has 0 unspecified atom stereocenters. The van der Waals surface area contributed by atoms with Gasteiger partial charge in [0.05, 0.1) is 5.00 Å². The van der Waals surface area contributed by atoms with Crippen molar-refractivity contribution < 1.29 is 19.1 Å². The normalized spacial score (nSPS) is 21.3. The topological polar surface area (TPSA) is 66.9 Å². The maximum absolute atomic E-state index is 13.6. The SMILES string of the molecule is C=C1CS[C@@H]2[C@H](N(C(C)=O)c3cccs3)C(=O)N2[C@H]1C(=O)OC(c1ccccc1)c1ccccc1. The molecule has 2 aliphatic rings. The first-order chi connectivity index (χ1) is 17.0. The number of rotatable bonds is 6. The molecule has 0 radical (unpaired) electrons. The van der Waals surface area contributed by atoms with Crippen LogP contribution in [0.25, 0.3) is 0 Å². The molecule has 2 amide bonds. The Labute approximate surface area is 212 Å². The van der Waals surface area contributed by atoms with Crippen molar-refractivity contribution in [2.24, 2.45) is 0 Å². The molecule has 3 atom stereocenters. The number of β-lactam (4-membered cyclic amide) rings is 1. The molecule has 0 spiro atoms. The second-order valence-corrected chi connectivity index (χ2v) is 10.5. The summed E-state index contributed by atoms with van der Waals surface area (Å²) in [6, 6.07) is 21.2. The van der Waals surface area contributed by atoms with Crippen molar-refractivity contribution in [3.63, 3.8) is 0 Å². The van der Waals surface area contributed by atoms with Crippen LogP contribution in [-0.4, -0.2) is 45.9 Å². The minimum Gasteiger partial charge on any atom is -0.451 e. The van der Waals surface area contributed by atoms with Crippen molar-refractivity contribution in [2.75, 3.05) is 10.7 Å². The molecule has 3 heterocycles. The Balaban J connectivity index is 1.41. The summed E-state index contributed by atoms with van der Waals surface area (Å²) in [5.74, 6) is -0.495. The summed E-state index contributed by atoms with van der Waals surface area (Å²) in [6.07, 6.45) is -0.613. The first-order valence-electron chi connectivity index (χ1n) is 11.2. The minimum atomic E-state index is -0.892. The highest BCUT2D eigenvalue weighted by atomic mass is 32.2. The molecule has 35 heavy (non-hydrogen) atoms. The number of benzene rings is 2. The van der Waals surface area contributed by atoms with E-state index >= 15 is 0 Å². The van der Waals surface area contributed by atoms with Gasteiger partial charge in [0, 0.05) is 12.7 Å². The Morgan fingerprint density at radius 3 is 2.20 bits per heavy atom. The monoisotopic (exact) mass is 504 g/mol. The van der Waals surface area contributed by atoms with E-state index in [9.17, 15) is 14.4 Å². The van der Waals surface area contributed by atoms with Crippen molar-refractivity contribution in [1.82, 2.24) is 4.90 Å². The minimum absolute atomic E-state index is 0.206. The average molecular weight is 505 g/mol. The number of esters is 1. The highest BCUT2D eigenvalue weighted by Crippen LogP contribution is 2.44. The largest absolute Gasteiger partial charge is 0.451 e. The van der Waals surface area contributed by atoms with E-state index in [0.717, 1.165) is 11.1 Å². The van der Waals surface area contributed by atoms with Gasteiger partial charge in [0.2, 0.25) is 5.91 Å². The zero-order valence-electron chi connectivity index (χ0n) is 19.1. The molecule has 1 aromatic heterocycles. The molecule has 2 saturated heterocycles. The highest BCUT2D eigenvalue weighted by Gasteiger charge is 2.59. The standard InChI is InChI=1S/C27H24N2O4S2/c1-17-16-35-26-23(28(18(2)30)21-14-9-15-34-21)25(31)29(26)22(17)27(32)33-24(19-10-5-3-6-11-19)20-12-7-4-8-13-20/h3-15,22-24,26H,1,16H2,2H3/t22-,23-,26-/m1/s1. The zero-order chi connectivity index (χ0) is 24.5. The van der Waals surface area contributed by atoms with E-state index in [4.69, 9.17) is 4.74 Å². The van der Waals surface area contributed by atoms with E-state index in [2.05, 4.69) is 6.58 Å². The Morgan fingerprint density at radius 1 is 1.03 bits per heavy atom. The highest BCUT2D eigenvalue weighted by molar-refractivity contribution is 8.00. The predicted molar refractivity (Wildman–Crippen MR) is 138 cm³/mol. The van der Waals surface area contributed by atoms with Gasteiger partial charge in [-0.2, -0.15) is 0 Å². The lowest BCUT2D eigenvalue weighted by Crippen LogP contribution is -2.75. The number of hydrogen-bond donors (Lipinski definition) is 0. The second-order valence-electron chi connectivity index (χ2n) is 8.43. The van der Waals surface area contributed by atoms with Crippen LogP contribution in [0.5, 0.6) is 0 Å². The summed E-state index contributed by atoms with van der Waals surface area (Å²) in [5, 5.41) is 2.24. The fourth-order valence-electron chi connectivity index (χ4n) is 4.56. The zero-order valence-corrected chi connectivity index (χ0v) is 20.7. The number of anilines is 1. The molecular formula is C27H24N2O4S2. The van der Waals surface area contributed by atoms with Crippen LogP contribution in [0.3, 0.4) is 0 Å². The van der Waals surface area contributed by atoms with Gasteiger partial charge in [-0.15, -0.1) is 23.1 Å². The van der Waals surface area contributed by atoms with Gasteiger partial charge < -0.3 is 9.64 Å².